The van der Waals surface area contributed by atoms with Gasteiger partial charge in [0.1, 0.15) is 12.4 Å². The van der Waals surface area contributed by atoms with Crippen LogP contribution in [0.15, 0.2) is 46.9 Å². The number of anilines is 1. The third-order valence-electron chi connectivity index (χ3n) is 4.17. The Balaban J connectivity index is 2.12. The van der Waals surface area contributed by atoms with Gasteiger partial charge >= 0.3 is 0 Å². The van der Waals surface area contributed by atoms with E-state index < -0.39 is 0 Å². The van der Waals surface area contributed by atoms with Crippen molar-refractivity contribution in [1.29, 1.82) is 0 Å². The number of rotatable bonds is 9. The van der Waals surface area contributed by atoms with Crippen LogP contribution < -0.4 is 10.1 Å². The second-order valence-electron chi connectivity index (χ2n) is 5.99. The lowest BCUT2D eigenvalue weighted by molar-refractivity contribution is 0.0773. The highest BCUT2D eigenvalue weighted by atomic mass is 79.9. The number of nitrogens with one attached hydrogen (secondary N) is 1. The molecule has 150 valence electrons. The first kappa shape index (κ1) is 21.9. The maximum atomic E-state index is 12.7. The first-order chi connectivity index (χ1) is 13.5. The fourth-order valence-electron chi connectivity index (χ4n) is 2.63. The number of nitrogens with zero attached hydrogens (tertiary/aromatic N) is 1. The molecule has 0 aromatic heterocycles. The van der Waals surface area contributed by atoms with E-state index in [9.17, 15) is 9.59 Å². The van der Waals surface area contributed by atoms with Crippen LogP contribution in [0.1, 0.15) is 34.6 Å². The van der Waals surface area contributed by atoms with Gasteiger partial charge in [0.15, 0.2) is 0 Å². The Bertz CT molecular complexity index is 805. The van der Waals surface area contributed by atoms with Gasteiger partial charge in [0.2, 0.25) is 0 Å². The lowest BCUT2D eigenvalue weighted by atomic mass is 10.1. The molecule has 2 aromatic carbocycles. The number of hydrogen-bond acceptors (Lipinski definition) is 4. The van der Waals surface area contributed by atoms with Gasteiger partial charge in [0, 0.05) is 35.9 Å². The molecule has 7 heteroatoms. The zero-order chi connectivity index (χ0) is 20.5. The van der Waals surface area contributed by atoms with Gasteiger partial charge in [-0.05, 0) is 56.3 Å². The zero-order valence-corrected chi connectivity index (χ0v) is 17.9. The number of ether oxygens (including phenoxy) is 2. The minimum absolute atomic E-state index is 0.0244. The van der Waals surface area contributed by atoms with Crippen molar-refractivity contribution in [2.45, 2.75) is 13.8 Å². The first-order valence-corrected chi connectivity index (χ1v) is 9.91. The van der Waals surface area contributed by atoms with E-state index in [1.165, 1.54) is 0 Å². The summed E-state index contributed by atoms with van der Waals surface area (Å²) in [5.74, 6) is 0.159. The molecule has 0 aliphatic carbocycles. The molecule has 2 amide bonds. The fourth-order valence-corrected chi connectivity index (χ4v) is 2.99. The Kier molecular flexibility index (Phi) is 8.47. The van der Waals surface area contributed by atoms with Crippen molar-refractivity contribution >= 4 is 33.4 Å². The largest absolute Gasteiger partial charge is 0.490 e. The highest BCUT2D eigenvalue weighted by molar-refractivity contribution is 9.10. The minimum atomic E-state index is -0.295. The average molecular weight is 449 g/mol. The molecule has 1 N–H and O–H groups in total. The monoisotopic (exact) mass is 448 g/mol. The Labute approximate surface area is 174 Å². The Morgan fingerprint density at radius 1 is 1.04 bits per heavy atom. The summed E-state index contributed by atoms with van der Waals surface area (Å²) < 4.78 is 11.4. The summed E-state index contributed by atoms with van der Waals surface area (Å²) in [6, 6.07) is 12.1. The summed E-state index contributed by atoms with van der Waals surface area (Å²) in [6.45, 7) is 5.98. The van der Waals surface area contributed by atoms with Crippen LogP contribution in [0.25, 0.3) is 0 Å². The van der Waals surface area contributed by atoms with Crippen molar-refractivity contribution in [3.05, 3.63) is 58.1 Å². The van der Waals surface area contributed by atoms with E-state index in [2.05, 4.69) is 21.2 Å². The van der Waals surface area contributed by atoms with Crippen LogP contribution in [-0.4, -0.2) is 50.1 Å². The van der Waals surface area contributed by atoms with Gasteiger partial charge in [0.25, 0.3) is 11.8 Å². The van der Waals surface area contributed by atoms with E-state index in [0.717, 1.165) is 4.47 Å². The fraction of sp³-hybridized carbons (Fsp3) is 0.333. The number of benzene rings is 2. The van der Waals surface area contributed by atoms with Crippen LogP contribution in [0.4, 0.5) is 5.69 Å². The third kappa shape index (κ3) is 5.81. The molecule has 0 aliphatic rings. The molecular weight excluding hydrogens is 424 g/mol. The molecular formula is C21H25BrN2O4. The summed E-state index contributed by atoms with van der Waals surface area (Å²) in [7, 11) is 1.59. The molecule has 0 fully saturated rings. The summed E-state index contributed by atoms with van der Waals surface area (Å²) in [5, 5.41) is 2.84. The standard InChI is InChI=1S/C21H25BrN2O4/c1-4-24(5-2)21(26)15-6-9-17(10-7-15)23-20(25)18-14-16(22)8-11-19(18)28-13-12-27-3/h6-11,14H,4-5,12-13H2,1-3H3,(H,23,25). The second kappa shape index (κ2) is 10.8. The number of hydrogen-bond donors (Lipinski definition) is 1. The molecule has 28 heavy (non-hydrogen) atoms. The number of carbonyl (C=O) groups excluding carboxylic acids is 2. The van der Waals surface area contributed by atoms with Crippen LogP contribution >= 0.6 is 15.9 Å². The molecule has 0 saturated heterocycles. The lowest BCUT2D eigenvalue weighted by Crippen LogP contribution is -2.30. The van der Waals surface area contributed by atoms with E-state index >= 15 is 0 Å². The Morgan fingerprint density at radius 2 is 1.71 bits per heavy atom. The van der Waals surface area contributed by atoms with Crippen molar-refractivity contribution in [2.24, 2.45) is 0 Å². The summed E-state index contributed by atoms with van der Waals surface area (Å²) in [5.41, 5.74) is 1.60. The number of halogens is 1. The van der Waals surface area contributed by atoms with E-state index in [0.29, 0.717) is 48.9 Å². The van der Waals surface area contributed by atoms with Crippen molar-refractivity contribution < 1.29 is 19.1 Å². The summed E-state index contributed by atoms with van der Waals surface area (Å²) >= 11 is 3.38. The van der Waals surface area contributed by atoms with Crippen LogP contribution in [-0.2, 0) is 4.74 Å². The molecule has 0 saturated carbocycles. The topological polar surface area (TPSA) is 67.9 Å². The van der Waals surface area contributed by atoms with E-state index in [1.807, 2.05) is 19.9 Å². The maximum Gasteiger partial charge on any atom is 0.259 e. The highest BCUT2D eigenvalue weighted by Gasteiger charge is 2.15. The molecule has 2 aromatic rings. The predicted octanol–water partition coefficient (Wildman–Crippen LogP) is 4.21. The quantitative estimate of drug-likeness (QED) is 0.583. The van der Waals surface area contributed by atoms with Gasteiger partial charge in [0.05, 0.1) is 12.2 Å². The second-order valence-corrected chi connectivity index (χ2v) is 6.91. The van der Waals surface area contributed by atoms with Crippen molar-refractivity contribution in [1.82, 2.24) is 4.90 Å². The van der Waals surface area contributed by atoms with Gasteiger partial charge in [-0.25, -0.2) is 0 Å². The van der Waals surface area contributed by atoms with E-state index in [4.69, 9.17) is 9.47 Å². The van der Waals surface area contributed by atoms with Crippen LogP contribution in [0.2, 0.25) is 0 Å². The Morgan fingerprint density at radius 3 is 2.32 bits per heavy atom. The molecule has 0 aliphatic heterocycles. The van der Waals surface area contributed by atoms with Gasteiger partial charge in [-0.3, -0.25) is 9.59 Å². The van der Waals surface area contributed by atoms with Gasteiger partial charge in [-0.2, -0.15) is 0 Å². The molecule has 0 unspecified atom stereocenters. The average Bonchev–Trinajstić information content (AvgIpc) is 2.70. The summed E-state index contributed by atoms with van der Waals surface area (Å²) in [6.07, 6.45) is 0. The van der Waals surface area contributed by atoms with Gasteiger partial charge in [-0.15, -0.1) is 0 Å². The van der Waals surface area contributed by atoms with Crippen molar-refractivity contribution in [3.63, 3.8) is 0 Å². The summed E-state index contributed by atoms with van der Waals surface area (Å²) in [4.78, 5) is 26.8. The van der Waals surface area contributed by atoms with Crippen molar-refractivity contribution in [2.75, 3.05) is 38.7 Å². The molecule has 6 nitrogen and oxygen atoms in total. The normalized spacial score (nSPS) is 10.4. The molecule has 0 atom stereocenters. The number of methoxy groups -OCH3 is 1. The van der Waals surface area contributed by atoms with Crippen LogP contribution in [0.3, 0.4) is 0 Å². The highest BCUT2D eigenvalue weighted by Crippen LogP contribution is 2.24. The number of carbonyl (C=O) groups is 2. The van der Waals surface area contributed by atoms with Crippen LogP contribution in [0, 0.1) is 0 Å². The molecule has 0 bridgehead atoms. The van der Waals surface area contributed by atoms with E-state index in [1.54, 1.807) is 48.4 Å². The van der Waals surface area contributed by atoms with Crippen LogP contribution in [0.5, 0.6) is 5.75 Å². The molecule has 0 radical (unpaired) electrons. The molecule has 0 spiro atoms. The lowest BCUT2D eigenvalue weighted by Gasteiger charge is -2.18. The van der Waals surface area contributed by atoms with Gasteiger partial charge in [-0.1, -0.05) is 15.9 Å². The molecule has 2 rings (SSSR count). The SMILES string of the molecule is CCN(CC)C(=O)c1ccc(NC(=O)c2cc(Br)ccc2OCCOC)cc1. The van der Waals surface area contributed by atoms with Crippen molar-refractivity contribution in [3.8, 4) is 5.75 Å². The third-order valence-corrected chi connectivity index (χ3v) is 4.66. The first-order valence-electron chi connectivity index (χ1n) is 9.12. The smallest absolute Gasteiger partial charge is 0.259 e. The maximum absolute atomic E-state index is 12.7. The minimum Gasteiger partial charge on any atom is -0.490 e. The predicted molar refractivity (Wildman–Crippen MR) is 113 cm³/mol. The molecule has 0 heterocycles. The zero-order valence-electron chi connectivity index (χ0n) is 16.3. The number of amides is 2. The Hall–Kier alpha value is -2.38. The van der Waals surface area contributed by atoms with E-state index in [-0.39, 0.29) is 11.8 Å². The van der Waals surface area contributed by atoms with Gasteiger partial charge < -0.3 is 19.7 Å².